The van der Waals surface area contributed by atoms with E-state index in [1.165, 1.54) is 24.8 Å². The summed E-state index contributed by atoms with van der Waals surface area (Å²) >= 11 is 1.94. The average molecular weight is 401 g/mol. The zero-order chi connectivity index (χ0) is 19.4. The summed E-state index contributed by atoms with van der Waals surface area (Å²) < 4.78 is 0. The van der Waals surface area contributed by atoms with Crippen LogP contribution < -0.4 is 0 Å². The number of hydrogen-bond donors (Lipinski definition) is 0. The molecule has 3 fully saturated rings. The molecule has 0 unspecified atom stereocenters. The molecule has 0 radical (unpaired) electrons. The summed E-state index contributed by atoms with van der Waals surface area (Å²) in [5.41, 5.74) is 1.23. The van der Waals surface area contributed by atoms with Crippen molar-refractivity contribution in [1.82, 2.24) is 9.80 Å². The monoisotopic (exact) mass is 400 g/mol. The van der Waals surface area contributed by atoms with E-state index >= 15 is 0 Å². The van der Waals surface area contributed by atoms with Gasteiger partial charge in [-0.25, -0.2) is 0 Å². The van der Waals surface area contributed by atoms with Gasteiger partial charge < -0.3 is 9.80 Å². The van der Waals surface area contributed by atoms with Gasteiger partial charge in [0.05, 0.1) is 4.87 Å². The van der Waals surface area contributed by atoms with Crippen LogP contribution in [0.3, 0.4) is 0 Å². The Morgan fingerprint density at radius 1 is 1.00 bits per heavy atom. The second-order valence-electron chi connectivity index (χ2n) is 8.49. The standard InChI is InChI=1S/C23H32N2O2S/c26-21(12-11-19-7-3-1-4-8-19)25-17-18-28-23(25)13-15-24(16-14-23)22(27)20-9-5-2-6-10-20/h1,3-4,7-8,20H,2,5-6,9-18H2. The highest BCUT2D eigenvalue weighted by molar-refractivity contribution is 8.00. The number of carbonyl (C=O) groups is 2. The molecule has 1 aromatic carbocycles. The maximum absolute atomic E-state index is 13.0. The van der Waals surface area contributed by atoms with E-state index in [0.29, 0.717) is 12.3 Å². The average Bonchev–Trinajstić information content (AvgIpc) is 3.16. The third-order valence-corrected chi connectivity index (χ3v) is 8.31. The van der Waals surface area contributed by atoms with Crippen molar-refractivity contribution < 1.29 is 9.59 Å². The number of amides is 2. The number of piperidine rings is 1. The van der Waals surface area contributed by atoms with Crippen LogP contribution in [0.4, 0.5) is 0 Å². The van der Waals surface area contributed by atoms with Gasteiger partial charge in [-0.15, -0.1) is 11.8 Å². The number of nitrogens with zero attached hydrogens (tertiary/aromatic N) is 2. The molecule has 0 N–H and O–H groups in total. The molecule has 0 bridgehead atoms. The van der Waals surface area contributed by atoms with Crippen LogP contribution in [0.5, 0.6) is 0 Å². The van der Waals surface area contributed by atoms with Crippen molar-refractivity contribution in [3.63, 3.8) is 0 Å². The number of benzene rings is 1. The van der Waals surface area contributed by atoms with Crippen molar-refractivity contribution >= 4 is 23.6 Å². The lowest BCUT2D eigenvalue weighted by Gasteiger charge is -2.45. The van der Waals surface area contributed by atoms with Gasteiger partial charge in [-0.2, -0.15) is 0 Å². The van der Waals surface area contributed by atoms with Crippen LogP contribution in [0.2, 0.25) is 0 Å². The topological polar surface area (TPSA) is 40.6 Å². The van der Waals surface area contributed by atoms with Crippen molar-refractivity contribution in [1.29, 1.82) is 0 Å². The SMILES string of the molecule is O=C(C1CCCCC1)N1CCC2(CC1)SCCN2C(=O)CCc1ccccc1. The second-order valence-corrected chi connectivity index (χ2v) is 9.94. The minimum atomic E-state index is -0.0723. The highest BCUT2D eigenvalue weighted by Gasteiger charge is 2.47. The molecule has 152 valence electrons. The first-order chi connectivity index (χ1) is 13.7. The van der Waals surface area contributed by atoms with E-state index in [9.17, 15) is 9.59 Å². The van der Waals surface area contributed by atoms with Crippen molar-refractivity contribution in [3.8, 4) is 0 Å². The molecule has 0 aromatic heterocycles. The molecular weight excluding hydrogens is 368 g/mol. The molecule has 5 heteroatoms. The first-order valence-electron chi connectivity index (χ1n) is 11.0. The lowest BCUT2D eigenvalue weighted by atomic mass is 9.87. The molecule has 2 saturated heterocycles. The van der Waals surface area contributed by atoms with E-state index < -0.39 is 0 Å². The largest absolute Gasteiger partial charge is 0.342 e. The summed E-state index contributed by atoms with van der Waals surface area (Å²) in [6.45, 7) is 2.48. The zero-order valence-electron chi connectivity index (χ0n) is 16.8. The van der Waals surface area contributed by atoms with Crippen LogP contribution in [-0.2, 0) is 16.0 Å². The van der Waals surface area contributed by atoms with Crippen molar-refractivity contribution in [2.24, 2.45) is 5.92 Å². The Morgan fingerprint density at radius 2 is 1.71 bits per heavy atom. The molecule has 0 atom stereocenters. The Hall–Kier alpha value is -1.49. The molecule has 4 rings (SSSR count). The minimum Gasteiger partial charge on any atom is -0.342 e. The third-order valence-electron chi connectivity index (χ3n) is 6.76. The number of likely N-dealkylation sites (tertiary alicyclic amines) is 1. The fourth-order valence-corrected chi connectivity index (χ4v) is 6.56. The Kier molecular flexibility index (Phi) is 6.29. The van der Waals surface area contributed by atoms with Gasteiger partial charge in [0.2, 0.25) is 11.8 Å². The molecular formula is C23H32N2O2S. The van der Waals surface area contributed by atoms with E-state index in [1.807, 2.05) is 30.0 Å². The molecule has 2 heterocycles. The molecule has 3 aliphatic rings. The van der Waals surface area contributed by atoms with Gasteiger partial charge in [-0.05, 0) is 37.7 Å². The molecule has 1 aliphatic carbocycles. The first-order valence-corrected chi connectivity index (χ1v) is 11.9. The second kappa shape index (κ2) is 8.89. The van der Waals surface area contributed by atoms with Crippen LogP contribution in [-0.4, -0.2) is 51.9 Å². The number of aryl methyl sites for hydroxylation is 1. The normalized spacial score (nSPS) is 22.6. The van der Waals surface area contributed by atoms with E-state index in [4.69, 9.17) is 0 Å². The Labute approximate surface area is 173 Å². The van der Waals surface area contributed by atoms with Gasteiger partial charge in [-0.1, -0.05) is 49.6 Å². The van der Waals surface area contributed by atoms with Crippen molar-refractivity contribution in [3.05, 3.63) is 35.9 Å². The van der Waals surface area contributed by atoms with Crippen molar-refractivity contribution in [2.75, 3.05) is 25.4 Å². The van der Waals surface area contributed by atoms with Crippen LogP contribution in [0.15, 0.2) is 30.3 Å². The minimum absolute atomic E-state index is 0.0723. The predicted molar refractivity (Wildman–Crippen MR) is 114 cm³/mol. The van der Waals surface area contributed by atoms with Crippen molar-refractivity contribution in [2.45, 2.75) is 62.7 Å². The summed E-state index contributed by atoms with van der Waals surface area (Å²) in [4.78, 5) is 30.0. The summed E-state index contributed by atoms with van der Waals surface area (Å²) in [7, 11) is 0. The Bertz CT molecular complexity index is 679. The highest BCUT2D eigenvalue weighted by atomic mass is 32.2. The van der Waals surface area contributed by atoms with Gasteiger partial charge >= 0.3 is 0 Å². The van der Waals surface area contributed by atoms with Gasteiger partial charge in [0.15, 0.2) is 0 Å². The summed E-state index contributed by atoms with van der Waals surface area (Å²) in [6.07, 6.45) is 9.06. The number of carbonyl (C=O) groups excluding carboxylic acids is 2. The summed E-state index contributed by atoms with van der Waals surface area (Å²) in [5, 5.41) is 0. The summed E-state index contributed by atoms with van der Waals surface area (Å²) in [5.74, 6) is 1.93. The van der Waals surface area contributed by atoms with Gasteiger partial charge in [0.25, 0.3) is 0 Å². The Balaban J connectivity index is 1.33. The quantitative estimate of drug-likeness (QED) is 0.764. The van der Waals surface area contributed by atoms with Crippen LogP contribution in [0.25, 0.3) is 0 Å². The molecule has 1 spiro atoms. The molecule has 2 amide bonds. The number of thioether (sulfide) groups is 1. The molecule has 28 heavy (non-hydrogen) atoms. The Morgan fingerprint density at radius 3 is 2.43 bits per heavy atom. The maximum Gasteiger partial charge on any atom is 0.225 e. The first kappa shape index (κ1) is 19.8. The van der Waals surface area contributed by atoms with E-state index in [1.54, 1.807) is 0 Å². The van der Waals surface area contributed by atoms with E-state index in [-0.39, 0.29) is 16.7 Å². The van der Waals surface area contributed by atoms with Crippen LogP contribution in [0, 0.1) is 5.92 Å². The fraction of sp³-hybridized carbons (Fsp3) is 0.652. The summed E-state index contributed by atoms with van der Waals surface area (Å²) in [6, 6.07) is 10.3. The maximum atomic E-state index is 13.0. The molecule has 1 aromatic rings. The predicted octanol–water partition coefficient (Wildman–Crippen LogP) is 4.09. The molecule has 1 saturated carbocycles. The third kappa shape index (κ3) is 4.24. The van der Waals surface area contributed by atoms with Gasteiger partial charge in [-0.3, -0.25) is 9.59 Å². The number of hydrogen-bond acceptors (Lipinski definition) is 3. The van der Waals surface area contributed by atoms with E-state index in [2.05, 4.69) is 21.9 Å². The van der Waals surface area contributed by atoms with Crippen LogP contribution in [0.1, 0.15) is 56.9 Å². The zero-order valence-corrected chi connectivity index (χ0v) is 17.6. The van der Waals surface area contributed by atoms with E-state index in [0.717, 1.165) is 57.5 Å². The molecule has 4 nitrogen and oxygen atoms in total. The fourth-order valence-electron chi connectivity index (χ4n) is 5.09. The lowest BCUT2D eigenvalue weighted by Crippen LogP contribution is -2.54. The smallest absolute Gasteiger partial charge is 0.225 e. The van der Waals surface area contributed by atoms with Crippen LogP contribution >= 0.6 is 11.8 Å². The van der Waals surface area contributed by atoms with Gasteiger partial charge in [0.1, 0.15) is 0 Å². The number of rotatable bonds is 4. The lowest BCUT2D eigenvalue weighted by molar-refractivity contribution is -0.140. The molecule has 2 aliphatic heterocycles. The highest BCUT2D eigenvalue weighted by Crippen LogP contribution is 2.44. The van der Waals surface area contributed by atoms with Gasteiger partial charge in [0, 0.05) is 37.7 Å².